The zero-order valence-corrected chi connectivity index (χ0v) is 8.84. The van der Waals surface area contributed by atoms with Crippen LogP contribution in [0.25, 0.3) is 0 Å². The van der Waals surface area contributed by atoms with Crippen LogP contribution in [-0.4, -0.2) is 13.2 Å². The summed E-state index contributed by atoms with van der Waals surface area (Å²) in [7, 11) is 0. The Labute approximate surface area is 85.1 Å². The first-order valence-electron chi connectivity index (χ1n) is 5.10. The van der Waals surface area contributed by atoms with E-state index in [1.54, 1.807) is 0 Å². The number of benzene rings is 1. The van der Waals surface area contributed by atoms with Crippen LogP contribution in [-0.2, 0) is 5.41 Å². The second-order valence-electron chi connectivity index (χ2n) is 4.36. The second-order valence-corrected chi connectivity index (χ2v) is 4.36. The first-order valence-corrected chi connectivity index (χ1v) is 5.10. The summed E-state index contributed by atoms with van der Waals surface area (Å²) in [5, 5.41) is 0. The lowest BCUT2D eigenvalue weighted by Crippen LogP contribution is -2.37. The van der Waals surface area contributed by atoms with Gasteiger partial charge >= 0.3 is 0 Å². The maximum atomic E-state index is 5.85. The van der Waals surface area contributed by atoms with Gasteiger partial charge in [0.25, 0.3) is 0 Å². The maximum Gasteiger partial charge on any atom is 0.123 e. The van der Waals surface area contributed by atoms with E-state index in [4.69, 9.17) is 10.5 Å². The molecule has 0 saturated heterocycles. The van der Waals surface area contributed by atoms with Gasteiger partial charge in [-0.2, -0.15) is 0 Å². The van der Waals surface area contributed by atoms with Gasteiger partial charge in [0, 0.05) is 17.5 Å². The topological polar surface area (TPSA) is 35.2 Å². The van der Waals surface area contributed by atoms with E-state index in [0.717, 1.165) is 18.8 Å². The van der Waals surface area contributed by atoms with Gasteiger partial charge in [0.1, 0.15) is 5.75 Å². The fraction of sp³-hybridized carbons (Fsp3) is 0.500. The molecule has 1 aromatic carbocycles. The average molecular weight is 191 g/mol. The van der Waals surface area contributed by atoms with E-state index in [-0.39, 0.29) is 5.41 Å². The number of nitrogens with two attached hydrogens (primary N) is 1. The minimum atomic E-state index is 0.0968. The van der Waals surface area contributed by atoms with Crippen LogP contribution in [0.3, 0.4) is 0 Å². The van der Waals surface area contributed by atoms with Gasteiger partial charge in [-0.3, -0.25) is 0 Å². The SMILES string of the molecule is Cc1ccc2c(c1)C(C)(CN)CCO2. The lowest BCUT2D eigenvalue weighted by molar-refractivity contribution is 0.227. The van der Waals surface area contributed by atoms with Crippen LogP contribution < -0.4 is 10.5 Å². The van der Waals surface area contributed by atoms with E-state index in [1.165, 1.54) is 11.1 Å². The Morgan fingerprint density at radius 3 is 3.00 bits per heavy atom. The van der Waals surface area contributed by atoms with Crippen molar-refractivity contribution in [2.75, 3.05) is 13.2 Å². The molecule has 0 saturated carbocycles. The van der Waals surface area contributed by atoms with Gasteiger partial charge in [0.2, 0.25) is 0 Å². The van der Waals surface area contributed by atoms with Gasteiger partial charge in [0.05, 0.1) is 6.61 Å². The smallest absolute Gasteiger partial charge is 0.123 e. The molecule has 1 atom stereocenters. The fourth-order valence-corrected chi connectivity index (χ4v) is 1.97. The molecule has 14 heavy (non-hydrogen) atoms. The van der Waals surface area contributed by atoms with Crippen molar-refractivity contribution < 1.29 is 4.74 Å². The van der Waals surface area contributed by atoms with Crippen LogP contribution in [0.4, 0.5) is 0 Å². The monoisotopic (exact) mass is 191 g/mol. The molecule has 1 aromatic rings. The van der Waals surface area contributed by atoms with E-state index in [9.17, 15) is 0 Å². The summed E-state index contributed by atoms with van der Waals surface area (Å²) < 4.78 is 5.62. The highest BCUT2D eigenvalue weighted by molar-refractivity contribution is 5.43. The molecular formula is C12H17NO. The van der Waals surface area contributed by atoms with E-state index < -0.39 is 0 Å². The van der Waals surface area contributed by atoms with Crippen molar-refractivity contribution in [2.24, 2.45) is 5.73 Å². The lowest BCUT2D eigenvalue weighted by atomic mass is 9.77. The molecule has 0 amide bonds. The predicted octanol–water partition coefficient (Wildman–Crippen LogP) is 1.99. The van der Waals surface area contributed by atoms with Gasteiger partial charge in [-0.05, 0) is 19.4 Å². The average Bonchev–Trinajstić information content (AvgIpc) is 2.20. The molecule has 1 unspecified atom stereocenters. The quantitative estimate of drug-likeness (QED) is 0.736. The first-order chi connectivity index (χ1) is 6.65. The number of fused-ring (bicyclic) bond motifs is 1. The third-order valence-corrected chi connectivity index (χ3v) is 3.15. The number of rotatable bonds is 1. The molecule has 0 aliphatic carbocycles. The molecular weight excluding hydrogens is 174 g/mol. The molecule has 2 heteroatoms. The van der Waals surface area contributed by atoms with Crippen LogP contribution in [0, 0.1) is 6.92 Å². The minimum absolute atomic E-state index is 0.0968. The number of aryl methyl sites for hydroxylation is 1. The van der Waals surface area contributed by atoms with E-state index in [2.05, 4.69) is 32.0 Å². The van der Waals surface area contributed by atoms with Crippen LogP contribution in [0.5, 0.6) is 5.75 Å². The molecule has 0 fully saturated rings. The summed E-state index contributed by atoms with van der Waals surface area (Å²) in [4.78, 5) is 0. The number of ether oxygens (including phenoxy) is 1. The van der Waals surface area contributed by atoms with Crippen LogP contribution in [0.1, 0.15) is 24.5 Å². The molecule has 76 valence electrons. The number of hydrogen-bond acceptors (Lipinski definition) is 2. The number of hydrogen-bond donors (Lipinski definition) is 1. The zero-order chi connectivity index (χ0) is 10.2. The van der Waals surface area contributed by atoms with Gasteiger partial charge in [-0.15, -0.1) is 0 Å². The summed E-state index contributed by atoms with van der Waals surface area (Å²) in [5.41, 5.74) is 8.49. The van der Waals surface area contributed by atoms with Crippen molar-refractivity contribution in [2.45, 2.75) is 25.7 Å². The molecule has 1 aliphatic rings. The highest BCUT2D eigenvalue weighted by Crippen LogP contribution is 2.38. The zero-order valence-electron chi connectivity index (χ0n) is 8.84. The molecule has 1 aliphatic heterocycles. The Morgan fingerprint density at radius 1 is 1.50 bits per heavy atom. The van der Waals surface area contributed by atoms with Crippen LogP contribution in [0.2, 0.25) is 0 Å². The molecule has 0 aromatic heterocycles. The van der Waals surface area contributed by atoms with Gasteiger partial charge in [-0.25, -0.2) is 0 Å². The summed E-state index contributed by atoms with van der Waals surface area (Å²) in [5.74, 6) is 1.01. The Morgan fingerprint density at radius 2 is 2.29 bits per heavy atom. The van der Waals surface area contributed by atoms with Gasteiger partial charge in [-0.1, -0.05) is 24.6 Å². The molecule has 0 radical (unpaired) electrons. The highest BCUT2D eigenvalue weighted by Gasteiger charge is 2.31. The lowest BCUT2D eigenvalue weighted by Gasteiger charge is -2.34. The predicted molar refractivity (Wildman–Crippen MR) is 57.7 cm³/mol. The van der Waals surface area contributed by atoms with Crippen LogP contribution in [0.15, 0.2) is 18.2 Å². The minimum Gasteiger partial charge on any atom is -0.493 e. The van der Waals surface area contributed by atoms with Crippen LogP contribution >= 0.6 is 0 Å². The van der Waals surface area contributed by atoms with Crippen molar-refractivity contribution >= 4 is 0 Å². The van der Waals surface area contributed by atoms with E-state index in [0.29, 0.717) is 6.54 Å². The van der Waals surface area contributed by atoms with E-state index in [1.807, 2.05) is 0 Å². The molecule has 2 rings (SSSR count). The Hall–Kier alpha value is -1.02. The molecule has 2 N–H and O–H groups in total. The van der Waals surface area contributed by atoms with Gasteiger partial charge in [0.15, 0.2) is 0 Å². The van der Waals surface area contributed by atoms with Crippen molar-refractivity contribution in [1.29, 1.82) is 0 Å². The summed E-state index contributed by atoms with van der Waals surface area (Å²) in [6.07, 6.45) is 1.01. The Balaban J connectivity index is 2.52. The summed E-state index contributed by atoms with van der Waals surface area (Å²) >= 11 is 0. The van der Waals surface area contributed by atoms with E-state index >= 15 is 0 Å². The second kappa shape index (κ2) is 3.28. The van der Waals surface area contributed by atoms with Crippen molar-refractivity contribution in [3.63, 3.8) is 0 Å². The first kappa shape index (κ1) is 9.53. The fourth-order valence-electron chi connectivity index (χ4n) is 1.97. The normalized spacial score (nSPS) is 25.4. The van der Waals surface area contributed by atoms with Crippen molar-refractivity contribution in [1.82, 2.24) is 0 Å². The summed E-state index contributed by atoms with van der Waals surface area (Å²) in [6, 6.07) is 6.33. The maximum absolute atomic E-state index is 5.85. The van der Waals surface area contributed by atoms with Crippen molar-refractivity contribution in [3.05, 3.63) is 29.3 Å². The molecule has 1 heterocycles. The standard InChI is InChI=1S/C12H17NO/c1-9-3-4-11-10(7-9)12(2,8-13)5-6-14-11/h3-4,7H,5-6,8,13H2,1-2H3. The Kier molecular flexibility index (Phi) is 2.23. The third-order valence-electron chi connectivity index (χ3n) is 3.15. The third kappa shape index (κ3) is 1.40. The Bertz CT molecular complexity index is 348. The summed E-state index contributed by atoms with van der Waals surface area (Å²) in [6.45, 7) is 5.79. The molecule has 2 nitrogen and oxygen atoms in total. The largest absolute Gasteiger partial charge is 0.493 e. The molecule has 0 spiro atoms. The highest BCUT2D eigenvalue weighted by atomic mass is 16.5. The van der Waals surface area contributed by atoms with Gasteiger partial charge < -0.3 is 10.5 Å². The van der Waals surface area contributed by atoms with Crippen molar-refractivity contribution in [3.8, 4) is 5.75 Å². The molecule has 0 bridgehead atoms.